The van der Waals surface area contributed by atoms with Crippen LogP contribution in [0, 0.1) is 6.17 Å². The molecule has 0 unspecified atom stereocenters. The van der Waals surface area contributed by atoms with Gasteiger partial charge in [-0.05, 0) is 76.3 Å². The molecule has 2 aromatic heterocycles. The Balaban J connectivity index is 1.42. The van der Waals surface area contributed by atoms with Crippen LogP contribution in [0.5, 0.6) is 0 Å². The summed E-state index contributed by atoms with van der Waals surface area (Å²) in [4.78, 5) is 15.1. The highest BCUT2D eigenvalue weighted by molar-refractivity contribution is 5.93. The number of hydrogen-bond acceptors (Lipinski definition) is 4. The SMILES string of the molecule is CC(C)c1cccc(C(C)C)c1N1[C](c2ccc(-[n+]3c4ccccc4cc4ccccc43)cc2)N(c2c(C(C)C)cccc2C(C)C)c2nccnc21. The van der Waals surface area contributed by atoms with Crippen LogP contribution in [0.15, 0.2) is 128 Å². The lowest BCUT2D eigenvalue weighted by atomic mass is 9.90. The topological polar surface area (TPSA) is 36.1 Å². The zero-order valence-corrected chi connectivity index (χ0v) is 32.2. The number of aromatic nitrogens is 3. The average molecular weight is 696 g/mol. The monoisotopic (exact) mass is 695 g/mol. The molecule has 1 aliphatic rings. The summed E-state index contributed by atoms with van der Waals surface area (Å²) in [5.41, 5.74) is 12.1. The van der Waals surface area contributed by atoms with Crippen LogP contribution in [0.2, 0.25) is 0 Å². The standard InChI is InChI=1S/C48H49N5/c1-30(2)38-17-13-18-39(31(3)4)44(38)52-46-47(50-28-27-49-46)53(45-40(32(5)6)19-14-20-41(45)33(7)8)48(52)34-23-25-37(26-24-34)51-42-21-11-9-15-35(42)29-36-16-10-12-22-43(36)51/h9-33H,1-8H3/q+1. The van der Waals surface area contributed by atoms with Crippen molar-refractivity contribution in [1.29, 1.82) is 0 Å². The fourth-order valence-electron chi connectivity index (χ4n) is 8.12. The lowest BCUT2D eigenvalue weighted by molar-refractivity contribution is -0.538. The second kappa shape index (κ2) is 13.8. The molecule has 0 saturated carbocycles. The summed E-state index contributed by atoms with van der Waals surface area (Å²) in [6, 6.07) is 42.3. The molecule has 0 bridgehead atoms. The molecule has 0 fully saturated rings. The number of nitrogens with zero attached hydrogens (tertiary/aromatic N) is 5. The molecule has 0 spiro atoms. The van der Waals surface area contributed by atoms with Gasteiger partial charge in [-0.2, -0.15) is 4.57 Å². The van der Waals surface area contributed by atoms with E-state index in [2.05, 4.69) is 185 Å². The molecule has 5 aromatic carbocycles. The normalized spacial score (nSPS) is 13.4. The Hall–Kier alpha value is -5.55. The average Bonchev–Trinajstić information content (AvgIpc) is 3.50. The zero-order chi connectivity index (χ0) is 37.0. The minimum Gasteiger partial charge on any atom is -0.290 e. The second-order valence-electron chi connectivity index (χ2n) is 15.5. The van der Waals surface area contributed by atoms with Crippen LogP contribution >= 0.6 is 0 Å². The molecule has 53 heavy (non-hydrogen) atoms. The van der Waals surface area contributed by atoms with E-state index in [4.69, 9.17) is 9.97 Å². The maximum absolute atomic E-state index is 5.15. The van der Waals surface area contributed by atoms with E-state index >= 15 is 0 Å². The summed E-state index contributed by atoms with van der Waals surface area (Å²) in [5, 5.41) is 2.42. The summed E-state index contributed by atoms with van der Waals surface area (Å²) < 4.78 is 2.39. The molecular formula is C48H49N5+. The zero-order valence-electron chi connectivity index (χ0n) is 32.2. The van der Waals surface area contributed by atoms with Crippen molar-refractivity contribution in [3.8, 4) is 5.69 Å². The van der Waals surface area contributed by atoms with Crippen LogP contribution in [0.1, 0.15) is 107 Å². The molecule has 0 aliphatic carbocycles. The van der Waals surface area contributed by atoms with Gasteiger partial charge >= 0.3 is 0 Å². The fraction of sp³-hybridized carbons (Fsp3) is 0.250. The van der Waals surface area contributed by atoms with Crippen LogP contribution in [-0.2, 0) is 0 Å². The van der Waals surface area contributed by atoms with Crippen molar-refractivity contribution in [1.82, 2.24) is 9.97 Å². The van der Waals surface area contributed by atoms with Gasteiger partial charge in [0, 0.05) is 53.0 Å². The van der Waals surface area contributed by atoms with E-state index in [1.165, 1.54) is 55.4 Å². The largest absolute Gasteiger partial charge is 0.290 e. The number of benzene rings is 5. The highest BCUT2D eigenvalue weighted by Crippen LogP contribution is 2.56. The minimum absolute atomic E-state index is 0.298. The maximum Gasteiger partial charge on any atom is 0.219 e. The summed E-state index contributed by atoms with van der Waals surface area (Å²) in [5.74, 6) is 2.89. The van der Waals surface area contributed by atoms with Gasteiger partial charge in [0.25, 0.3) is 0 Å². The molecule has 8 rings (SSSR count). The van der Waals surface area contributed by atoms with Gasteiger partial charge in [0.1, 0.15) is 0 Å². The molecule has 5 nitrogen and oxygen atoms in total. The molecule has 0 N–H and O–H groups in total. The van der Waals surface area contributed by atoms with Gasteiger partial charge < -0.3 is 0 Å². The van der Waals surface area contributed by atoms with Crippen LogP contribution in [0.3, 0.4) is 0 Å². The van der Waals surface area contributed by atoms with Crippen LogP contribution in [0.25, 0.3) is 27.5 Å². The molecule has 5 heteroatoms. The summed E-state index contributed by atoms with van der Waals surface area (Å²) in [7, 11) is 0. The highest BCUT2D eigenvalue weighted by atomic mass is 15.5. The molecule has 0 saturated heterocycles. The highest BCUT2D eigenvalue weighted by Gasteiger charge is 2.46. The van der Waals surface area contributed by atoms with Gasteiger partial charge in [0.15, 0.2) is 17.8 Å². The van der Waals surface area contributed by atoms with Crippen molar-refractivity contribution in [3.63, 3.8) is 0 Å². The molecule has 7 aromatic rings. The number of anilines is 4. The quantitative estimate of drug-likeness (QED) is 0.117. The molecule has 0 atom stereocenters. The van der Waals surface area contributed by atoms with Gasteiger partial charge in [-0.1, -0.05) is 116 Å². The minimum atomic E-state index is 0.298. The van der Waals surface area contributed by atoms with Crippen molar-refractivity contribution in [2.75, 3.05) is 9.80 Å². The van der Waals surface area contributed by atoms with E-state index in [1.807, 2.05) is 12.4 Å². The molecule has 0 amide bonds. The maximum atomic E-state index is 5.15. The Morgan fingerprint density at radius 1 is 0.453 bits per heavy atom. The number of para-hydroxylation sites is 4. The fourth-order valence-corrected chi connectivity index (χ4v) is 8.12. The van der Waals surface area contributed by atoms with Crippen molar-refractivity contribution < 1.29 is 4.57 Å². The van der Waals surface area contributed by atoms with E-state index in [9.17, 15) is 0 Å². The van der Waals surface area contributed by atoms with E-state index < -0.39 is 0 Å². The first-order valence-corrected chi connectivity index (χ1v) is 19.1. The predicted octanol–water partition coefficient (Wildman–Crippen LogP) is 12.4. The van der Waals surface area contributed by atoms with E-state index in [-0.39, 0.29) is 0 Å². The lowest BCUT2D eigenvalue weighted by Crippen LogP contribution is -2.35. The first-order chi connectivity index (χ1) is 25.7. The van der Waals surface area contributed by atoms with Gasteiger partial charge in [-0.15, -0.1) is 0 Å². The third kappa shape index (κ3) is 5.83. The molecule has 1 aliphatic heterocycles. The Morgan fingerprint density at radius 2 is 0.849 bits per heavy atom. The van der Waals surface area contributed by atoms with Gasteiger partial charge in [0.2, 0.25) is 16.7 Å². The lowest BCUT2D eigenvalue weighted by Gasteiger charge is -2.36. The Bertz CT molecular complexity index is 2250. The second-order valence-corrected chi connectivity index (χ2v) is 15.5. The van der Waals surface area contributed by atoms with Crippen molar-refractivity contribution in [2.45, 2.75) is 79.1 Å². The van der Waals surface area contributed by atoms with Gasteiger partial charge in [0.05, 0.1) is 11.4 Å². The van der Waals surface area contributed by atoms with Crippen LogP contribution < -0.4 is 14.4 Å². The number of rotatable bonds is 8. The van der Waals surface area contributed by atoms with Crippen LogP contribution in [0.4, 0.5) is 23.0 Å². The molecular weight excluding hydrogens is 647 g/mol. The molecule has 265 valence electrons. The van der Waals surface area contributed by atoms with Gasteiger partial charge in [-0.3, -0.25) is 9.80 Å². The van der Waals surface area contributed by atoms with Crippen molar-refractivity contribution in [2.24, 2.45) is 0 Å². The number of pyridine rings is 1. The summed E-state index contributed by atoms with van der Waals surface area (Å²) in [6.45, 7) is 18.3. The first-order valence-electron chi connectivity index (χ1n) is 19.1. The predicted molar refractivity (Wildman–Crippen MR) is 221 cm³/mol. The van der Waals surface area contributed by atoms with Crippen molar-refractivity contribution in [3.05, 3.63) is 162 Å². The third-order valence-corrected chi connectivity index (χ3v) is 10.7. The third-order valence-electron chi connectivity index (χ3n) is 10.7. The first kappa shape index (κ1) is 34.5. The Labute approximate surface area is 314 Å². The van der Waals surface area contributed by atoms with E-state index in [0.717, 1.165) is 29.1 Å². The Kier molecular flexibility index (Phi) is 8.98. The summed E-state index contributed by atoms with van der Waals surface area (Å²) >= 11 is 0. The van der Waals surface area contributed by atoms with Gasteiger partial charge in [-0.25, -0.2) is 9.97 Å². The number of fused-ring (bicyclic) bond motifs is 3. The Morgan fingerprint density at radius 3 is 1.25 bits per heavy atom. The molecule has 3 heterocycles. The van der Waals surface area contributed by atoms with E-state index in [1.54, 1.807) is 0 Å². The van der Waals surface area contributed by atoms with Crippen LogP contribution in [-0.4, -0.2) is 9.97 Å². The van der Waals surface area contributed by atoms with E-state index in [0.29, 0.717) is 23.7 Å². The smallest absolute Gasteiger partial charge is 0.219 e. The van der Waals surface area contributed by atoms with Crippen molar-refractivity contribution >= 4 is 44.8 Å². The number of hydrogen-bond donors (Lipinski definition) is 0. The summed E-state index contributed by atoms with van der Waals surface area (Å²) in [6.07, 6.45) is 4.72. The molecule has 1 radical (unpaired) electrons.